The molecule has 3 N–H and O–H groups in total. The lowest BCUT2D eigenvalue weighted by Crippen LogP contribution is -3.11. The third-order valence-corrected chi connectivity index (χ3v) is 3.36. The molecule has 2 aromatic rings. The predicted molar refractivity (Wildman–Crippen MR) is 93.3 cm³/mol. The van der Waals surface area contributed by atoms with E-state index >= 15 is 0 Å². The first-order chi connectivity index (χ1) is 11.6. The summed E-state index contributed by atoms with van der Waals surface area (Å²) in [4.78, 5) is 24.8. The summed E-state index contributed by atoms with van der Waals surface area (Å²) in [5, 5.41) is 5.60. The van der Waals surface area contributed by atoms with Crippen LogP contribution < -0.4 is 20.3 Å². The highest BCUT2D eigenvalue weighted by Gasteiger charge is 2.14. The topological polar surface area (TPSA) is 71.9 Å². The minimum atomic E-state index is -0.148. The molecule has 0 heterocycles. The Morgan fingerprint density at radius 1 is 0.875 bits per heavy atom. The van der Waals surface area contributed by atoms with Crippen molar-refractivity contribution in [3.63, 3.8) is 0 Å². The monoisotopic (exact) mass is 328 g/mol. The summed E-state index contributed by atoms with van der Waals surface area (Å²) in [7, 11) is 3.39. The fraction of sp³-hybridized carbons (Fsp3) is 0.222. The summed E-state index contributed by atoms with van der Waals surface area (Å²) < 4.78 is 5.07. The second-order valence-electron chi connectivity index (χ2n) is 5.50. The summed E-state index contributed by atoms with van der Waals surface area (Å²) in [6, 6.07) is 16.3. The number of hydrogen-bond acceptors (Lipinski definition) is 3. The molecule has 24 heavy (non-hydrogen) atoms. The van der Waals surface area contributed by atoms with Gasteiger partial charge in [0.15, 0.2) is 13.1 Å². The first-order valence-electron chi connectivity index (χ1n) is 7.67. The molecule has 0 bridgehead atoms. The van der Waals surface area contributed by atoms with Crippen LogP contribution in [0.15, 0.2) is 54.6 Å². The molecule has 0 aliphatic carbocycles. The van der Waals surface area contributed by atoms with Gasteiger partial charge in [-0.15, -0.1) is 0 Å². The minimum absolute atomic E-state index is 0.129. The highest BCUT2D eigenvalue weighted by Crippen LogP contribution is 2.14. The molecule has 1 atom stereocenters. The van der Waals surface area contributed by atoms with Gasteiger partial charge in [0.1, 0.15) is 5.75 Å². The number of para-hydroxylation sites is 1. The number of ether oxygens (including phenoxy) is 1. The normalized spacial score (nSPS) is 11.4. The summed E-state index contributed by atoms with van der Waals surface area (Å²) in [5.74, 6) is 0.453. The van der Waals surface area contributed by atoms with Crippen LogP contribution in [0.2, 0.25) is 0 Å². The summed E-state index contributed by atoms with van der Waals surface area (Å²) in [6.45, 7) is 0.416. The first kappa shape index (κ1) is 17.5. The highest BCUT2D eigenvalue weighted by atomic mass is 16.5. The van der Waals surface area contributed by atoms with Crippen LogP contribution in [0.5, 0.6) is 5.75 Å². The molecule has 0 aliphatic rings. The van der Waals surface area contributed by atoms with E-state index in [9.17, 15) is 9.59 Å². The Kier molecular flexibility index (Phi) is 6.33. The van der Waals surface area contributed by atoms with Crippen LogP contribution in [0.4, 0.5) is 11.4 Å². The molecule has 6 heteroatoms. The number of carbonyl (C=O) groups excluding carboxylic acids is 2. The fourth-order valence-electron chi connectivity index (χ4n) is 2.22. The number of methoxy groups -OCH3 is 1. The first-order valence-corrected chi connectivity index (χ1v) is 7.67. The van der Waals surface area contributed by atoms with Gasteiger partial charge < -0.3 is 20.3 Å². The SMILES string of the molecule is COc1ccc(NC(=O)C[NH+](C)CC(=O)Nc2ccccc2)cc1. The predicted octanol–water partition coefficient (Wildman–Crippen LogP) is 0.787. The average molecular weight is 328 g/mol. The molecular weight excluding hydrogens is 306 g/mol. The van der Waals surface area contributed by atoms with Crippen molar-refractivity contribution in [2.24, 2.45) is 0 Å². The summed E-state index contributed by atoms with van der Waals surface area (Å²) >= 11 is 0. The maximum atomic E-state index is 12.0. The quantitative estimate of drug-likeness (QED) is 0.704. The lowest BCUT2D eigenvalue weighted by atomic mass is 10.3. The van der Waals surface area contributed by atoms with E-state index in [0.29, 0.717) is 5.69 Å². The molecule has 0 aromatic heterocycles. The van der Waals surface area contributed by atoms with Gasteiger partial charge in [-0.3, -0.25) is 9.59 Å². The Hall–Kier alpha value is -2.86. The number of likely N-dealkylation sites (N-methyl/N-ethyl adjacent to an activating group) is 1. The van der Waals surface area contributed by atoms with E-state index in [1.54, 1.807) is 38.4 Å². The molecule has 2 amide bonds. The molecule has 0 aliphatic heterocycles. The van der Waals surface area contributed by atoms with Crippen LogP contribution in [0.25, 0.3) is 0 Å². The van der Waals surface area contributed by atoms with Crippen molar-refractivity contribution in [1.29, 1.82) is 0 Å². The fourth-order valence-corrected chi connectivity index (χ4v) is 2.22. The van der Waals surface area contributed by atoms with Crippen molar-refractivity contribution in [2.45, 2.75) is 0 Å². The van der Waals surface area contributed by atoms with E-state index in [0.717, 1.165) is 16.3 Å². The van der Waals surface area contributed by atoms with Gasteiger partial charge in [-0.05, 0) is 36.4 Å². The molecule has 0 spiro atoms. The van der Waals surface area contributed by atoms with Crippen molar-refractivity contribution >= 4 is 23.2 Å². The van der Waals surface area contributed by atoms with E-state index in [-0.39, 0.29) is 24.9 Å². The molecule has 6 nitrogen and oxygen atoms in total. The smallest absolute Gasteiger partial charge is 0.279 e. The zero-order valence-corrected chi connectivity index (χ0v) is 13.8. The Labute approximate surface area is 141 Å². The molecule has 1 unspecified atom stereocenters. The molecule has 2 aromatic carbocycles. The molecule has 126 valence electrons. The van der Waals surface area contributed by atoms with Gasteiger partial charge in [-0.25, -0.2) is 0 Å². The highest BCUT2D eigenvalue weighted by molar-refractivity contribution is 5.93. The Bertz CT molecular complexity index is 672. The van der Waals surface area contributed by atoms with E-state index in [1.807, 2.05) is 30.3 Å². The number of rotatable bonds is 7. The summed E-state index contributed by atoms with van der Waals surface area (Å²) in [5.41, 5.74) is 1.44. The molecule has 2 rings (SSSR count). The lowest BCUT2D eigenvalue weighted by molar-refractivity contribution is -0.862. The maximum Gasteiger partial charge on any atom is 0.279 e. The Morgan fingerprint density at radius 2 is 1.38 bits per heavy atom. The van der Waals surface area contributed by atoms with E-state index in [1.165, 1.54) is 0 Å². The Balaban J connectivity index is 1.77. The number of nitrogens with one attached hydrogen (secondary N) is 3. The van der Waals surface area contributed by atoms with Crippen LogP contribution in [0.1, 0.15) is 0 Å². The zero-order chi connectivity index (χ0) is 17.4. The van der Waals surface area contributed by atoms with Crippen molar-refractivity contribution < 1.29 is 19.2 Å². The standard InChI is InChI=1S/C18H21N3O3/c1-21(12-17(22)19-14-6-4-3-5-7-14)13-18(23)20-15-8-10-16(24-2)11-9-15/h3-11H,12-13H2,1-2H3,(H,19,22)(H,20,23)/p+1. The third kappa shape index (κ3) is 5.73. The summed E-state index contributed by atoms with van der Waals surface area (Å²) in [6.07, 6.45) is 0. The number of quaternary nitrogens is 1. The minimum Gasteiger partial charge on any atom is -0.497 e. The van der Waals surface area contributed by atoms with Gasteiger partial charge in [0.05, 0.1) is 14.2 Å². The van der Waals surface area contributed by atoms with Gasteiger partial charge in [0.25, 0.3) is 11.8 Å². The van der Waals surface area contributed by atoms with Crippen LogP contribution in [0, 0.1) is 0 Å². The van der Waals surface area contributed by atoms with Gasteiger partial charge in [-0.2, -0.15) is 0 Å². The third-order valence-electron chi connectivity index (χ3n) is 3.36. The van der Waals surface area contributed by atoms with Crippen LogP contribution in [0.3, 0.4) is 0 Å². The van der Waals surface area contributed by atoms with Crippen LogP contribution >= 0.6 is 0 Å². The van der Waals surface area contributed by atoms with E-state index in [4.69, 9.17) is 4.74 Å². The Morgan fingerprint density at radius 3 is 1.88 bits per heavy atom. The lowest BCUT2D eigenvalue weighted by Gasteiger charge is -2.14. The maximum absolute atomic E-state index is 12.0. The number of amides is 2. The van der Waals surface area contributed by atoms with E-state index in [2.05, 4.69) is 10.6 Å². The number of benzene rings is 2. The van der Waals surface area contributed by atoms with Crippen molar-refractivity contribution in [3.8, 4) is 5.75 Å². The molecule has 0 radical (unpaired) electrons. The molecular formula is C18H22N3O3+. The van der Waals surface area contributed by atoms with Gasteiger partial charge in [-0.1, -0.05) is 18.2 Å². The van der Waals surface area contributed by atoms with Crippen molar-refractivity contribution in [3.05, 3.63) is 54.6 Å². The molecule has 0 saturated heterocycles. The molecule has 0 fully saturated rings. The van der Waals surface area contributed by atoms with Gasteiger partial charge in [0.2, 0.25) is 0 Å². The number of anilines is 2. The zero-order valence-electron chi connectivity index (χ0n) is 13.8. The second-order valence-corrected chi connectivity index (χ2v) is 5.50. The van der Waals surface area contributed by atoms with Crippen molar-refractivity contribution in [2.75, 3.05) is 37.9 Å². The number of hydrogen-bond donors (Lipinski definition) is 3. The average Bonchev–Trinajstić information content (AvgIpc) is 2.56. The van der Waals surface area contributed by atoms with E-state index < -0.39 is 0 Å². The van der Waals surface area contributed by atoms with Gasteiger partial charge >= 0.3 is 0 Å². The van der Waals surface area contributed by atoms with Gasteiger partial charge in [0, 0.05) is 11.4 Å². The van der Waals surface area contributed by atoms with Crippen LogP contribution in [-0.4, -0.2) is 39.1 Å². The second kappa shape index (κ2) is 8.69. The largest absolute Gasteiger partial charge is 0.497 e. The van der Waals surface area contributed by atoms with Crippen LogP contribution in [-0.2, 0) is 9.59 Å². The number of carbonyl (C=O) groups is 2. The van der Waals surface area contributed by atoms with Crippen molar-refractivity contribution in [1.82, 2.24) is 0 Å². The molecule has 0 saturated carbocycles.